The lowest BCUT2D eigenvalue weighted by Gasteiger charge is -2.17. The van der Waals surface area contributed by atoms with Gasteiger partial charge in [0.2, 0.25) is 0 Å². The molecule has 0 N–H and O–H groups in total. The van der Waals surface area contributed by atoms with Crippen LogP contribution in [0.1, 0.15) is 182 Å². The zero-order valence-corrected chi connectivity index (χ0v) is 22.1. The topological polar surface area (TPSA) is 0 Å². The van der Waals surface area contributed by atoms with Crippen LogP contribution < -0.4 is 0 Å². The van der Waals surface area contributed by atoms with E-state index in [0.29, 0.717) is 0 Å². The lowest BCUT2D eigenvalue weighted by molar-refractivity contribution is 0.363. The number of hydrogen-bond donors (Lipinski definition) is 0. The summed E-state index contributed by atoms with van der Waals surface area (Å²) in [7, 11) is 0. The molecule has 0 radical (unpaired) electrons. The standard InChI is InChI=1S/C30H62/c1-5-7-9-11-13-15-17-19-23-27-30(28-24-20-21-25-29(3)4)26-22-18-16-14-12-10-8-6-2/h29-30H,5-28H2,1-4H3. The zero-order chi connectivity index (χ0) is 22.1. The highest BCUT2D eigenvalue weighted by molar-refractivity contribution is 4.62. The minimum Gasteiger partial charge on any atom is -0.0654 e. The predicted molar refractivity (Wildman–Crippen MR) is 140 cm³/mol. The minimum absolute atomic E-state index is 0.889. The molecule has 0 aromatic carbocycles. The van der Waals surface area contributed by atoms with Gasteiger partial charge in [0, 0.05) is 0 Å². The molecule has 0 aromatic rings. The van der Waals surface area contributed by atoms with E-state index in [2.05, 4.69) is 27.7 Å². The Balaban J connectivity index is 3.81. The van der Waals surface area contributed by atoms with Crippen LogP contribution in [0.4, 0.5) is 0 Å². The SMILES string of the molecule is CCCCCCCCCCCC(CCCCCCCCCC)CCCCCC(C)C. The van der Waals surface area contributed by atoms with Gasteiger partial charge in [0.05, 0.1) is 0 Å². The van der Waals surface area contributed by atoms with Crippen molar-refractivity contribution in [2.45, 2.75) is 182 Å². The van der Waals surface area contributed by atoms with Gasteiger partial charge in [0.1, 0.15) is 0 Å². The van der Waals surface area contributed by atoms with Crippen molar-refractivity contribution in [2.75, 3.05) is 0 Å². The molecule has 0 aliphatic heterocycles. The average Bonchev–Trinajstić information content (AvgIpc) is 2.73. The third-order valence-electron chi connectivity index (χ3n) is 7.08. The van der Waals surface area contributed by atoms with E-state index in [-0.39, 0.29) is 0 Å². The third-order valence-corrected chi connectivity index (χ3v) is 7.08. The summed E-state index contributed by atoms with van der Waals surface area (Å²) in [6.45, 7) is 9.37. The summed E-state index contributed by atoms with van der Waals surface area (Å²) in [5.74, 6) is 1.92. The van der Waals surface area contributed by atoms with E-state index >= 15 is 0 Å². The molecule has 0 saturated heterocycles. The molecule has 0 heteroatoms. The van der Waals surface area contributed by atoms with Crippen molar-refractivity contribution in [1.82, 2.24) is 0 Å². The van der Waals surface area contributed by atoms with Crippen molar-refractivity contribution < 1.29 is 0 Å². The first-order valence-electron chi connectivity index (χ1n) is 14.7. The highest BCUT2D eigenvalue weighted by Crippen LogP contribution is 2.25. The van der Waals surface area contributed by atoms with Gasteiger partial charge in [-0.2, -0.15) is 0 Å². The molecule has 182 valence electrons. The smallest absolute Gasteiger partial charge is 0.0414 e. The lowest BCUT2D eigenvalue weighted by Crippen LogP contribution is -2.02. The molecule has 1 atom stereocenters. The van der Waals surface area contributed by atoms with E-state index in [1.54, 1.807) is 0 Å². The fourth-order valence-electron chi connectivity index (χ4n) is 4.91. The number of rotatable bonds is 25. The monoisotopic (exact) mass is 422 g/mol. The summed E-state index contributed by atoms with van der Waals surface area (Å²) in [5, 5.41) is 0. The molecular weight excluding hydrogens is 360 g/mol. The molecule has 30 heavy (non-hydrogen) atoms. The zero-order valence-electron chi connectivity index (χ0n) is 22.1. The van der Waals surface area contributed by atoms with Gasteiger partial charge in [-0.25, -0.2) is 0 Å². The van der Waals surface area contributed by atoms with Crippen LogP contribution in [0.15, 0.2) is 0 Å². The van der Waals surface area contributed by atoms with Crippen LogP contribution in [-0.4, -0.2) is 0 Å². The molecule has 0 fully saturated rings. The molecule has 0 heterocycles. The summed E-state index contributed by atoms with van der Waals surface area (Å²) in [6.07, 6.45) is 35.4. The number of hydrogen-bond acceptors (Lipinski definition) is 0. The summed E-state index contributed by atoms with van der Waals surface area (Å²) in [5.41, 5.74) is 0. The van der Waals surface area contributed by atoms with Crippen molar-refractivity contribution in [3.8, 4) is 0 Å². The fraction of sp³-hybridized carbons (Fsp3) is 1.00. The van der Waals surface area contributed by atoms with Crippen molar-refractivity contribution >= 4 is 0 Å². The molecular formula is C30H62. The van der Waals surface area contributed by atoms with Crippen LogP contribution in [0.2, 0.25) is 0 Å². The summed E-state index contributed by atoms with van der Waals surface area (Å²) >= 11 is 0. The molecule has 0 rings (SSSR count). The van der Waals surface area contributed by atoms with E-state index in [1.807, 2.05) is 0 Å². The van der Waals surface area contributed by atoms with Crippen LogP contribution in [0, 0.1) is 11.8 Å². The van der Waals surface area contributed by atoms with Gasteiger partial charge in [-0.3, -0.25) is 0 Å². The van der Waals surface area contributed by atoms with E-state index < -0.39 is 0 Å². The Labute approximate surface area is 193 Å². The Hall–Kier alpha value is 0. The van der Waals surface area contributed by atoms with Crippen molar-refractivity contribution in [3.05, 3.63) is 0 Å². The van der Waals surface area contributed by atoms with Crippen LogP contribution in [0.5, 0.6) is 0 Å². The molecule has 0 aliphatic rings. The lowest BCUT2D eigenvalue weighted by atomic mass is 9.89. The Morgan fingerprint density at radius 3 is 0.933 bits per heavy atom. The molecule has 0 nitrogen and oxygen atoms in total. The average molecular weight is 423 g/mol. The first-order valence-corrected chi connectivity index (χ1v) is 14.7. The molecule has 1 unspecified atom stereocenters. The van der Waals surface area contributed by atoms with Crippen LogP contribution in [-0.2, 0) is 0 Å². The van der Waals surface area contributed by atoms with Gasteiger partial charge < -0.3 is 0 Å². The molecule has 0 amide bonds. The molecule has 0 saturated carbocycles. The fourth-order valence-corrected chi connectivity index (χ4v) is 4.91. The second-order valence-corrected chi connectivity index (χ2v) is 10.8. The van der Waals surface area contributed by atoms with Gasteiger partial charge in [-0.15, -0.1) is 0 Å². The maximum atomic E-state index is 2.37. The Kier molecular flexibility index (Phi) is 25.3. The highest BCUT2D eigenvalue weighted by atomic mass is 14.1. The van der Waals surface area contributed by atoms with Gasteiger partial charge in [-0.05, 0) is 11.8 Å². The first-order chi connectivity index (χ1) is 14.7. The van der Waals surface area contributed by atoms with Crippen LogP contribution in [0.3, 0.4) is 0 Å². The van der Waals surface area contributed by atoms with Gasteiger partial charge in [0.15, 0.2) is 0 Å². The quantitative estimate of drug-likeness (QED) is 0.128. The van der Waals surface area contributed by atoms with Gasteiger partial charge in [0.25, 0.3) is 0 Å². The van der Waals surface area contributed by atoms with E-state index in [9.17, 15) is 0 Å². The van der Waals surface area contributed by atoms with Gasteiger partial charge in [-0.1, -0.05) is 182 Å². The first kappa shape index (κ1) is 30.0. The Bertz CT molecular complexity index is 292. The van der Waals surface area contributed by atoms with Crippen LogP contribution >= 0.6 is 0 Å². The maximum Gasteiger partial charge on any atom is -0.0414 e. The molecule has 0 aliphatic carbocycles. The normalized spacial score (nSPS) is 12.7. The van der Waals surface area contributed by atoms with Crippen molar-refractivity contribution in [3.63, 3.8) is 0 Å². The van der Waals surface area contributed by atoms with Crippen molar-refractivity contribution in [1.29, 1.82) is 0 Å². The van der Waals surface area contributed by atoms with Crippen LogP contribution in [0.25, 0.3) is 0 Å². The second-order valence-electron chi connectivity index (χ2n) is 10.8. The third kappa shape index (κ3) is 24.3. The molecule has 0 aromatic heterocycles. The number of unbranched alkanes of at least 4 members (excludes halogenated alkanes) is 17. The maximum absolute atomic E-state index is 2.37. The highest BCUT2D eigenvalue weighted by Gasteiger charge is 2.09. The van der Waals surface area contributed by atoms with E-state index in [4.69, 9.17) is 0 Å². The second kappa shape index (κ2) is 25.3. The largest absolute Gasteiger partial charge is 0.0654 e. The van der Waals surface area contributed by atoms with E-state index in [1.165, 1.54) is 154 Å². The van der Waals surface area contributed by atoms with E-state index in [0.717, 1.165) is 11.8 Å². The molecule has 0 bridgehead atoms. The Morgan fingerprint density at radius 1 is 0.333 bits per heavy atom. The molecule has 0 spiro atoms. The summed E-state index contributed by atoms with van der Waals surface area (Å²) < 4.78 is 0. The minimum atomic E-state index is 0.889. The summed E-state index contributed by atoms with van der Waals surface area (Å²) in [6, 6.07) is 0. The van der Waals surface area contributed by atoms with Crippen molar-refractivity contribution in [2.24, 2.45) is 11.8 Å². The predicted octanol–water partition coefficient (Wildman–Crippen LogP) is 11.7. The summed E-state index contributed by atoms with van der Waals surface area (Å²) in [4.78, 5) is 0. The van der Waals surface area contributed by atoms with Gasteiger partial charge >= 0.3 is 0 Å². The Morgan fingerprint density at radius 2 is 0.600 bits per heavy atom.